The number of carbonyl (C=O) groups excluding carboxylic acids is 2. The monoisotopic (exact) mass is 523 g/mol. The van der Waals surface area contributed by atoms with Crippen molar-refractivity contribution >= 4 is 23.8 Å². The Morgan fingerprint density at radius 1 is 1.00 bits per heavy atom. The highest BCUT2D eigenvalue weighted by molar-refractivity contribution is 7.97. The number of nitrogens with zero attached hydrogens (tertiary/aromatic N) is 4. The van der Waals surface area contributed by atoms with E-state index in [-0.39, 0.29) is 23.7 Å². The molecule has 3 saturated heterocycles. The van der Waals surface area contributed by atoms with Gasteiger partial charge in [-0.05, 0) is 61.7 Å². The van der Waals surface area contributed by atoms with Crippen molar-refractivity contribution in [1.29, 1.82) is 0 Å². The molecule has 4 fully saturated rings. The summed E-state index contributed by atoms with van der Waals surface area (Å²) in [7, 11) is 0. The van der Waals surface area contributed by atoms with Gasteiger partial charge in [-0.2, -0.15) is 0 Å². The number of hydrogen-bond donors (Lipinski definition) is 1. The summed E-state index contributed by atoms with van der Waals surface area (Å²) in [6.45, 7) is 4.77. The molecule has 9 nitrogen and oxygen atoms in total. The third-order valence-electron chi connectivity index (χ3n) is 8.02. The second-order valence-corrected chi connectivity index (χ2v) is 11.4. The molecule has 5 heterocycles. The Labute approximate surface area is 221 Å². The van der Waals surface area contributed by atoms with E-state index in [9.17, 15) is 9.59 Å². The topological polar surface area (TPSA) is 111 Å². The van der Waals surface area contributed by atoms with Crippen molar-refractivity contribution in [3.63, 3.8) is 0 Å². The lowest BCUT2D eigenvalue weighted by Crippen LogP contribution is -2.36. The average molecular weight is 524 g/mol. The predicted molar refractivity (Wildman–Crippen MR) is 138 cm³/mol. The molecule has 4 aliphatic rings. The van der Waals surface area contributed by atoms with E-state index in [0.29, 0.717) is 61.8 Å². The van der Waals surface area contributed by atoms with Crippen LogP contribution in [0.5, 0.6) is 5.88 Å². The summed E-state index contributed by atoms with van der Waals surface area (Å²) in [5.41, 5.74) is 2.06. The molecular weight excluding hydrogens is 490 g/mol. The molecule has 2 atom stereocenters. The Balaban J connectivity index is 1.09. The summed E-state index contributed by atoms with van der Waals surface area (Å²) in [4.78, 5) is 40.1. The zero-order valence-electron chi connectivity index (χ0n) is 20.9. The molecule has 1 saturated carbocycles. The van der Waals surface area contributed by atoms with Gasteiger partial charge in [-0.25, -0.2) is 9.97 Å². The van der Waals surface area contributed by atoms with Gasteiger partial charge in [0.15, 0.2) is 0 Å². The third-order valence-corrected chi connectivity index (χ3v) is 8.54. The first-order chi connectivity index (χ1) is 18.1. The first kappa shape index (κ1) is 24.6. The minimum Gasteiger partial charge on any atom is -0.477 e. The number of hydrogen-bond acceptors (Lipinski definition) is 8. The number of fused-ring (bicyclic) bond motifs is 1. The number of pyridine rings is 2. The quantitative estimate of drug-likeness (QED) is 0.552. The number of nitrogens with two attached hydrogens (primary N) is 1. The highest BCUT2D eigenvalue weighted by Crippen LogP contribution is 2.40. The Morgan fingerprint density at radius 3 is 2.32 bits per heavy atom. The van der Waals surface area contributed by atoms with E-state index in [1.807, 2.05) is 28.0 Å². The number of rotatable bonds is 7. The fourth-order valence-corrected chi connectivity index (χ4v) is 5.93. The van der Waals surface area contributed by atoms with Gasteiger partial charge < -0.3 is 19.3 Å². The van der Waals surface area contributed by atoms with Crippen LogP contribution in [0.15, 0.2) is 35.4 Å². The molecule has 2 aromatic rings. The molecule has 196 valence electrons. The molecule has 10 heteroatoms. The molecule has 2 amide bonds. The van der Waals surface area contributed by atoms with Crippen molar-refractivity contribution in [3.8, 4) is 5.88 Å². The van der Waals surface area contributed by atoms with Gasteiger partial charge in [0.2, 0.25) is 5.88 Å². The fourth-order valence-electron chi connectivity index (χ4n) is 5.67. The molecular formula is C27H33N5O4S. The number of carbonyl (C=O) groups is 2. The fraction of sp³-hybridized carbons (Fsp3) is 0.556. The summed E-state index contributed by atoms with van der Waals surface area (Å²) >= 11 is 1.11. The maximum atomic E-state index is 13.6. The zero-order valence-corrected chi connectivity index (χ0v) is 21.7. The predicted octanol–water partition coefficient (Wildman–Crippen LogP) is 2.97. The summed E-state index contributed by atoms with van der Waals surface area (Å²) in [5.74, 6) is 1.99. The van der Waals surface area contributed by atoms with Crippen LogP contribution in [0.3, 0.4) is 0 Å². The van der Waals surface area contributed by atoms with Gasteiger partial charge in [0, 0.05) is 85.6 Å². The van der Waals surface area contributed by atoms with Crippen molar-refractivity contribution in [2.75, 3.05) is 46.0 Å². The maximum Gasteiger partial charge on any atom is 0.272 e. The van der Waals surface area contributed by atoms with E-state index in [4.69, 9.17) is 19.6 Å². The number of likely N-dealkylation sites (tertiary alicyclic amines) is 2. The maximum absolute atomic E-state index is 13.6. The molecule has 1 aliphatic carbocycles. The normalized spacial score (nSPS) is 23.8. The van der Waals surface area contributed by atoms with E-state index in [1.165, 1.54) is 0 Å². The molecule has 6 rings (SSSR count). The molecule has 0 spiro atoms. The van der Waals surface area contributed by atoms with Crippen LogP contribution >= 0.6 is 11.9 Å². The van der Waals surface area contributed by atoms with E-state index in [2.05, 4.69) is 4.98 Å². The number of aromatic nitrogens is 2. The molecule has 37 heavy (non-hydrogen) atoms. The lowest BCUT2D eigenvalue weighted by molar-refractivity contribution is 0.0490. The summed E-state index contributed by atoms with van der Waals surface area (Å²) in [6, 6.07) is 7.31. The van der Waals surface area contributed by atoms with Crippen molar-refractivity contribution in [2.45, 2.75) is 36.5 Å². The second kappa shape index (κ2) is 10.6. The van der Waals surface area contributed by atoms with Crippen LogP contribution < -0.4 is 9.88 Å². The van der Waals surface area contributed by atoms with Gasteiger partial charge in [0.25, 0.3) is 11.8 Å². The number of amides is 2. The third kappa shape index (κ3) is 5.46. The summed E-state index contributed by atoms with van der Waals surface area (Å²) in [6.07, 6.45) is 5.85. The minimum atomic E-state index is -0.0598. The van der Waals surface area contributed by atoms with Crippen molar-refractivity contribution in [3.05, 3.63) is 47.4 Å². The Kier molecular flexibility index (Phi) is 7.05. The summed E-state index contributed by atoms with van der Waals surface area (Å²) in [5, 5.41) is 5.55. The van der Waals surface area contributed by atoms with Gasteiger partial charge in [0.1, 0.15) is 5.69 Å². The van der Waals surface area contributed by atoms with Gasteiger partial charge >= 0.3 is 0 Å². The van der Waals surface area contributed by atoms with Crippen LogP contribution in [-0.4, -0.2) is 77.6 Å². The molecule has 0 aromatic carbocycles. The molecule has 2 aromatic heterocycles. The first-order valence-electron chi connectivity index (χ1n) is 13.2. The van der Waals surface area contributed by atoms with Crippen LogP contribution in [0.1, 0.15) is 58.1 Å². The molecule has 2 N–H and O–H groups in total. The van der Waals surface area contributed by atoms with Crippen LogP contribution in [-0.2, 0) is 4.74 Å². The Morgan fingerprint density at radius 2 is 1.70 bits per heavy atom. The molecule has 0 radical (unpaired) electrons. The largest absolute Gasteiger partial charge is 0.477 e. The average Bonchev–Trinajstić information content (AvgIpc) is 3.61. The number of ether oxygens (including phenoxy) is 2. The minimum absolute atomic E-state index is 0.0315. The van der Waals surface area contributed by atoms with Crippen LogP contribution in [0, 0.1) is 17.8 Å². The first-order valence-corrected chi connectivity index (χ1v) is 14.1. The van der Waals surface area contributed by atoms with Gasteiger partial charge in [-0.1, -0.05) is 0 Å². The van der Waals surface area contributed by atoms with Crippen molar-refractivity contribution < 1.29 is 19.1 Å². The lowest BCUT2D eigenvalue weighted by atomic mass is 10.0. The highest BCUT2D eigenvalue weighted by atomic mass is 32.2. The van der Waals surface area contributed by atoms with Gasteiger partial charge in [-0.3, -0.25) is 14.7 Å². The van der Waals surface area contributed by atoms with Crippen LogP contribution in [0.25, 0.3) is 0 Å². The molecule has 0 bridgehead atoms. The van der Waals surface area contributed by atoms with E-state index in [1.54, 1.807) is 12.3 Å². The Hall–Kier alpha value is -2.69. The highest BCUT2D eigenvalue weighted by Gasteiger charge is 2.43. The van der Waals surface area contributed by atoms with E-state index in [0.717, 1.165) is 61.4 Å². The van der Waals surface area contributed by atoms with E-state index >= 15 is 0 Å². The smallest absolute Gasteiger partial charge is 0.272 e. The second-order valence-electron chi connectivity index (χ2n) is 10.7. The van der Waals surface area contributed by atoms with Crippen LogP contribution in [0.2, 0.25) is 0 Å². The van der Waals surface area contributed by atoms with Gasteiger partial charge in [0.05, 0.1) is 6.61 Å². The van der Waals surface area contributed by atoms with Crippen molar-refractivity contribution in [1.82, 2.24) is 19.8 Å². The lowest BCUT2D eigenvalue weighted by Gasteiger charge is -2.23. The molecule has 3 aliphatic heterocycles. The SMILES string of the molecule is NSc1ccc(C(=O)N2CC3CN(C(=O)c4cc(OCC5CCOCC5)nc(C5CC5)c4)CC3C2)nc1. The van der Waals surface area contributed by atoms with Crippen LogP contribution in [0.4, 0.5) is 0 Å². The zero-order chi connectivity index (χ0) is 25.4. The Bertz CT molecular complexity index is 1140. The van der Waals surface area contributed by atoms with E-state index < -0.39 is 0 Å². The van der Waals surface area contributed by atoms with Gasteiger partial charge in [-0.15, -0.1) is 0 Å². The summed E-state index contributed by atoms with van der Waals surface area (Å²) < 4.78 is 11.5. The van der Waals surface area contributed by atoms with Crippen molar-refractivity contribution in [2.24, 2.45) is 22.9 Å². The standard InChI is InChI=1S/C27H33N5O4S/c28-37-22-3-4-23(29-11-22)27(34)32-14-20-12-31(13-21(20)15-32)26(33)19-9-24(18-1-2-18)30-25(10-19)36-16-17-5-7-35-8-6-17/h3-4,9-11,17-18,20-21H,1-2,5-8,12-16,28H2. The molecule has 2 unspecified atom stereocenters.